The summed E-state index contributed by atoms with van der Waals surface area (Å²) in [6, 6.07) is 20.2. The Balaban J connectivity index is 1.92. The van der Waals surface area contributed by atoms with Gasteiger partial charge >= 0.3 is 11.9 Å². The van der Waals surface area contributed by atoms with Gasteiger partial charge in [0.15, 0.2) is 12.0 Å². The van der Waals surface area contributed by atoms with Crippen LogP contribution in [0.1, 0.15) is 28.7 Å². The van der Waals surface area contributed by atoms with Gasteiger partial charge in [0, 0.05) is 0 Å². The molecule has 0 aliphatic heterocycles. The molecule has 3 rings (SSSR count). The molecule has 0 saturated carbocycles. The molecule has 0 fully saturated rings. The Kier molecular flexibility index (Phi) is 5.26. The first-order chi connectivity index (χ1) is 12.2. The number of carbonyl (C=O) groups excluding carboxylic acids is 1. The second-order valence-corrected chi connectivity index (χ2v) is 6.25. The van der Waals surface area contributed by atoms with Gasteiger partial charge in [-0.3, -0.25) is 9.59 Å². The van der Waals surface area contributed by atoms with E-state index in [0.717, 1.165) is 11.1 Å². The zero-order valence-corrected chi connectivity index (χ0v) is 14.1. The predicted octanol–water partition coefficient (Wildman–Crippen LogP) is 4.25. The first kappa shape index (κ1) is 16.9. The summed E-state index contributed by atoms with van der Waals surface area (Å²) in [7, 11) is 0. The number of carbonyl (C=O) groups is 2. The Morgan fingerprint density at radius 1 is 0.840 bits per heavy atom. The molecule has 0 spiro atoms. The molecule has 0 bridgehead atoms. The summed E-state index contributed by atoms with van der Waals surface area (Å²) in [5.41, 5.74) is 2.01. The molecule has 1 N–H and O–H groups in total. The smallest absolute Gasteiger partial charge is 0.325 e. The molecule has 4 nitrogen and oxygen atoms in total. The molecule has 25 heavy (non-hydrogen) atoms. The van der Waals surface area contributed by atoms with Gasteiger partial charge in [0.2, 0.25) is 0 Å². The second kappa shape index (κ2) is 7.77. The minimum absolute atomic E-state index is 0.433. The van der Waals surface area contributed by atoms with E-state index in [1.54, 1.807) is 16.8 Å². The van der Waals surface area contributed by atoms with Crippen molar-refractivity contribution in [3.05, 3.63) is 94.2 Å². The van der Waals surface area contributed by atoms with Crippen molar-refractivity contribution in [1.29, 1.82) is 0 Å². The Morgan fingerprint density at radius 3 is 1.84 bits per heavy atom. The lowest BCUT2D eigenvalue weighted by atomic mass is 10.00. The van der Waals surface area contributed by atoms with Crippen LogP contribution in [-0.2, 0) is 14.3 Å². The molecule has 3 aromatic rings. The van der Waals surface area contributed by atoms with Gasteiger partial charge in [-0.05, 0) is 33.5 Å². The van der Waals surface area contributed by atoms with Crippen molar-refractivity contribution in [2.75, 3.05) is 0 Å². The molecule has 2 aromatic carbocycles. The molecule has 0 radical (unpaired) electrons. The summed E-state index contributed by atoms with van der Waals surface area (Å²) in [6.45, 7) is 0. The van der Waals surface area contributed by atoms with E-state index >= 15 is 0 Å². The minimum atomic E-state index is -1.33. The van der Waals surface area contributed by atoms with Gasteiger partial charge in [0.1, 0.15) is 0 Å². The zero-order chi connectivity index (χ0) is 17.6. The second-order valence-electron chi connectivity index (χ2n) is 5.47. The number of benzene rings is 2. The normalized spacial score (nSPS) is 11.9. The van der Waals surface area contributed by atoms with Crippen LogP contribution in [0.4, 0.5) is 0 Å². The van der Waals surface area contributed by atoms with Crippen molar-refractivity contribution in [2.45, 2.75) is 12.0 Å². The lowest BCUT2D eigenvalue weighted by Crippen LogP contribution is -2.25. The van der Waals surface area contributed by atoms with E-state index in [9.17, 15) is 14.7 Å². The number of hydrogen-bond donors (Lipinski definition) is 1. The molecular weight excluding hydrogens is 336 g/mol. The molecule has 126 valence electrons. The van der Waals surface area contributed by atoms with Crippen LogP contribution in [0.25, 0.3) is 0 Å². The van der Waals surface area contributed by atoms with Crippen molar-refractivity contribution >= 4 is 23.3 Å². The van der Waals surface area contributed by atoms with Gasteiger partial charge in [-0.25, -0.2) is 0 Å². The Morgan fingerprint density at radius 2 is 1.40 bits per heavy atom. The Hall–Kier alpha value is -2.92. The van der Waals surface area contributed by atoms with Crippen molar-refractivity contribution in [3.8, 4) is 0 Å². The maximum Gasteiger partial charge on any atom is 0.325 e. The molecule has 0 amide bonds. The number of thiophene rings is 1. The van der Waals surface area contributed by atoms with E-state index in [-0.39, 0.29) is 0 Å². The van der Waals surface area contributed by atoms with Crippen molar-refractivity contribution < 1.29 is 19.4 Å². The largest absolute Gasteiger partial charge is 0.480 e. The van der Waals surface area contributed by atoms with Crippen LogP contribution in [0.2, 0.25) is 0 Å². The van der Waals surface area contributed by atoms with Gasteiger partial charge in [-0.1, -0.05) is 60.7 Å². The summed E-state index contributed by atoms with van der Waals surface area (Å²) >= 11 is 1.34. The SMILES string of the molecule is O=C(O)C(C(=O)OC(c1ccccc1)c1ccccc1)c1ccsc1. The van der Waals surface area contributed by atoms with Crippen molar-refractivity contribution in [1.82, 2.24) is 0 Å². The van der Waals surface area contributed by atoms with Crippen LogP contribution >= 0.6 is 11.3 Å². The van der Waals surface area contributed by atoms with Crippen LogP contribution in [0.3, 0.4) is 0 Å². The summed E-state index contributed by atoms with van der Waals surface area (Å²) in [5.74, 6) is -3.33. The number of ether oxygens (including phenoxy) is 1. The topological polar surface area (TPSA) is 63.6 Å². The third kappa shape index (κ3) is 3.95. The molecule has 0 aliphatic carbocycles. The maximum absolute atomic E-state index is 12.6. The number of hydrogen-bond acceptors (Lipinski definition) is 4. The highest BCUT2D eigenvalue weighted by Crippen LogP contribution is 2.29. The molecular formula is C20H16O4S. The fourth-order valence-electron chi connectivity index (χ4n) is 2.59. The number of esters is 1. The number of carboxylic acid groups (broad SMARTS) is 1. The first-order valence-electron chi connectivity index (χ1n) is 7.72. The third-order valence-corrected chi connectivity index (χ3v) is 4.50. The average molecular weight is 352 g/mol. The molecule has 0 aliphatic rings. The monoisotopic (exact) mass is 352 g/mol. The van der Waals surface area contributed by atoms with Crippen molar-refractivity contribution in [3.63, 3.8) is 0 Å². The lowest BCUT2D eigenvalue weighted by Gasteiger charge is -2.21. The van der Waals surface area contributed by atoms with Gasteiger partial charge in [0.05, 0.1) is 0 Å². The van der Waals surface area contributed by atoms with Crippen molar-refractivity contribution in [2.24, 2.45) is 0 Å². The standard InChI is InChI=1S/C20H16O4S/c21-19(22)17(16-11-12-25-13-16)20(23)24-18(14-7-3-1-4-8-14)15-9-5-2-6-10-15/h1-13,17-18H,(H,21,22). The number of carboxylic acids is 1. The van der Waals surface area contributed by atoms with E-state index < -0.39 is 24.0 Å². The van der Waals surface area contributed by atoms with E-state index in [2.05, 4.69) is 0 Å². The quantitative estimate of drug-likeness (QED) is 0.532. The Bertz CT molecular complexity index is 789. The van der Waals surface area contributed by atoms with Gasteiger partial charge < -0.3 is 9.84 Å². The molecule has 1 aromatic heterocycles. The zero-order valence-electron chi connectivity index (χ0n) is 13.2. The molecule has 1 unspecified atom stereocenters. The highest BCUT2D eigenvalue weighted by atomic mass is 32.1. The van der Waals surface area contributed by atoms with Crippen LogP contribution in [0.5, 0.6) is 0 Å². The maximum atomic E-state index is 12.6. The van der Waals surface area contributed by atoms with Crippen LogP contribution in [-0.4, -0.2) is 17.0 Å². The highest BCUT2D eigenvalue weighted by Gasteiger charge is 2.32. The summed E-state index contributed by atoms with van der Waals surface area (Å²) in [4.78, 5) is 24.2. The highest BCUT2D eigenvalue weighted by molar-refractivity contribution is 7.08. The van der Waals surface area contributed by atoms with E-state index in [1.165, 1.54) is 11.3 Å². The number of rotatable bonds is 6. The first-order valence-corrected chi connectivity index (χ1v) is 8.66. The van der Waals surface area contributed by atoms with Gasteiger partial charge in [-0.2, -0.15) is 11.3 Å². The fourth-order valence-corrected chi connectivity index (χ4v) is 3.27. The molecule has 5 heteroatoms. The van der Waals surface area contributed by atoms with E-state index in [4.69, 9.17) is 4.74 Å². The summed E-state index contributed by atoms with van der Waals surface area (Å²) in [6.07, 6.45) is -0.657. The van der Waals surface area contributed by atoms with Gasteiger partial charge in [-0.15, -0.1) is 0 Å². The van der Waals surface area contributed by atoms with Gasteiger partial charge in [0.25, 0.3) is 0 Å². The molecule has 0 saturated heterocycles. The lowest BCUT2D eigenvalue weighted by molar-refractivity contribution is -0.156. The molecule has 1 heterocycles. The summed E-state index contributed by atoms with van der Waals surface area (Å²) in [5, 5.41) is 12.9. The summed E-state index contributed by atoms with van der Waals surface area (Å²) < 4.78 is 5.65. The number of aliphatic carboxylic acids is 1. The van der Waals surface area contributed by atoms with E-state index in [0.29, 0.717) is 5.56 Å². The third-order valence-electron chi connectivity index (χ3n) is 3.80. The Labute approximate surface area is 149 Å². The average Bonchev–Trinajstić information content (AvgIpc) is 3.15. The predicted molar refractivity (Wildman–Crippen MR) is 95.5 cm³/mol. The van der Waals surface area contributed by atoms with Crippen LogP contribution in [0, 0.1) is 0 Å². The van der Waals surface area contributed by atoms with Crippen LogP contribution in [0.15, 0.2) is 77.5 Å². The van der Waals surface area contributed by atoms with Crippen LogP contribution < -0.4 is 0 Å². The minimum Gasteiger partial charge on any atom is -0.480 e. The fraction of sp³-hybridized carbons (Fsp3) is 0.100. The molecule has 1 atom stereocenters. The van der Waals surface area contributed by atoms with E-state index in [1.807, 2.05) is 60.7 Å².